The monoisotopic (exact) mass is 302 g/mol. The summed E-state index contributed by atoms with van der Waals surface area (Å²) in [4.78, 5) is 11.7. The second-order valence-electron chi connectivity index (χ2n) is 5.18. The summed E-state index contributed by atoms with van der Waals surface area (Å²) in [6, 6.07) is 4.11. The average molecular weight is 302 g/mol. The van der Waals surface area contributed by atoms with Crippen molar-refractivity contribution < 1.29 is 18.4 Å². The number of aliphatic hydroxyl groups is 1. The number of nitro groups is 1. The van der Waals surface area contributed by atoms with Crippen LogP contribution in [0.1, 0.15) is 13.8 Å². The fourth-order valence-corrected chi connectivity index (χ4v) is 2.55. The van der Waals surface area contributed by atoms with Crippen LogP contribution in [0.2, 0.25) is 0 Å². The van der Waals surface area contributed by atoms with Gasteiger partial charge in [0.25, 0.3) is 0 Å². The Balaban J connectivity index is 3.62. The van der Waals surface area contributed by atoms with Gasteiger partial charge in [-0.1, -0.05) is 6.07 Å². The van der Waals surface area contributed by atoms with E-state index in [0.29, 0.717) is 0 Å². The van der Waals surface area contributed by atoms with Gasteiger partial charge in [-0.25, -0.2) is 8.42 Å². The van der Waals surface area contributed by atoms with Crippen LogP contribution in [0.25, 0.3) is 0 Å². The smallest absolute Gasteiger partial charge is 0.311 e. The van der Waals surface area contributed by atoms with Crippen LogP contribution in [0.4, 0.5) is 11.4 Å². The molecule has 0 aliphatic rings. The van der Waals surface area contributed by atoms with Gasteiger partial charge in [-0.2, -0.15) is 0 Å². The second-order valence-corrected chi connectivity index (χ2v) is 7.17. The van der Waals surface area contributed by atoms with Gasteiger partial charge < -0.3 is 10.0 Å². The van der Waals surface area contributed by atoms with Crippen LogP contribution in [-0.2, 0) is 9.84 Å². The zero-order valence-electron chi connectivity index (χ0n) is 11.8. The molecule has 0 aromatic heterocycles. The van der Waals surface area contributed by atoms with Crippen LogP contribution in [-0.4, -0.2) is 43.9 Å². The van der Waals surface area contributed by atoms with E-state index in [-0.39, 0.29) is 17.2 Å². The van der Waals surface area contributed by atoms with Crippen molar-refractivity contribution in [3.05, 3.63) is 28.3 Å². The Morgan fingerprint density at radius 3 is 2.35 bits per heavy atom. The molecule has 0 amide bonds. The largest absolute Gasteiger partial charge is 0.394 e. The maximum Gasteiger partial charge on any atom is 0.311 e. The topological polar surface area (TPSA) is 101 Å². The van der Waals surface area contributed by atoms with Gasteiger partial charge in [0.05, 0.1) is 17.1 Å². The highest BCUT2D eigenvalue weighted by atomic mass is 32.2. The Morgan fingerprint density at radius 1 is 1.40 bits per heavy atom. The number of anilines is 1. The van der Waals surface area contributed by atoms with Crippen LogP contribution in [0.15, 0.2) is 23.1 Å². The number of nitrogens with zero attached hydrogens (tertiary/aromatic N) is 2. The molecule has 8 heteroatoms. The SMILES string of the molecule is CN(c1cccc(S(C)(=O)=O)c1[N+](=O)[O-])C(C)(C)CO. The predicted octanol–water partition coefficient (Wildman–Crippen LogP) is 1.21. The first-order valence-electron chi connectivity index (χ1n) is 5.84. The van der Waals surface area contributed by atoms with Crippen LogP contribution in [0, 0.1) is 10.1 Å². The molecule has 0 bridgehead atoms. The Kier molecular flexibility index (Phi) is 4.40. The van der Waals surface area contributed by atoms with Gasteiger partial charge in [-0.15, -0.1) is 0 Å². The summed E-state index contributed by atoms with van der Waals surface area (Å²) >= 11 is 0. The summed E-state index contributed by atoms with van der Waals surface area (Å²) in [5.41, 5.74) is -1.09. The fourth-order valence-electron chi connectivity index (χ4n) is 1.70. The summed E-state index contributed by atoms with van der Waals surface area (Å²) in [5, 5.41) is 20.6. The second kappa shape index (κ2) is 5.37. The van der Waals surface area contributed by atoms with E-state index in [1.165, 1.54) is 23.1 Å². The summed E-state index contributed by atoms with van der Waals surface area (Å²) in [5.74, 6) is 0. The molecule has 0 aliphatic heterocycles. The highest BCUT2D eigenvalue weighted by Gasteiger charge is 2.32. The van der Waals surface area contributed by atoms with Crippen molar-refractivity contribution in [3.63, 3.8) is 0 Å². The molecular weight excluding hydrogens is 284 g/mol. The third-order valence-corrected chi connectivity index (χ3v) is 4.34. The normalized spacial score (nSPS) is 12.2. The number of hydrogen-bond acceptors (Lipinski definition) is 6. The zero-order chi connectivity index (χ0) is 15.7. The van der Waals surface area contributed by atoms with Crippen LogP contribution < -0.4 is 4.90 Å². The number of rotatable bonds is 5. The first-order chi connectivity index (χ1) is 9.02. The van der Waals surface area contributed by atoms with Crippen molar-refractivity contribution in [1.29, 1.82) is 0 Å². The number of aliphatic hydroxyl groups excluding tert-OH is 1. The molecule has 1 rings (SSSR count). The van der Waals surface area contributed by atoms with Gasteiger partial charge in [-0.05, 0) is 26.0 Å². The number of benzene rings is 1. The van der Waals surface area contributed by atoms with E-state index in [0.717, 1.165) is 6.26 Å². The number of sulfone groups is 1. The summed E-state index contributed by atoms with van der Waals surface area (Å²) in [7, 11) is -2.14. The van der Waals surface area contributed by atoms with Gasteiger partial charge in [0.2, 0.25) is 0 Å². The molecule has 1 aromatic rings. The maximum atomic E-state index is 11.7. The minimum atomic E-state index is -3.72. The first-order valence-corrected chi connectivity index (χ1v) is 7.73. The molecule has 0 fully saturated rings. The van der Waals surface area contributed by atoms with Crippen LogP contribution >= 0.6 is 0 Å². The molecule has 0 saturated carbocycles. The lowest BCUT2D eigenvalue weighted by Crippen LogP contribution is -2.44. The lowest BCUT2D eigenvalue weighted by atomic mass is 10.0. The molecule has 0 atom stereocenters. The molecule has 0 unspecified atom stereocenters. The van der Waals surface area contributed by atoms with Crippen molar-refractivity contribution >= 4 is 21.2 Å². The molecule has 0 radical (unpaired) electrons. The van der Waals surface area contributed by atoms with Gasteiger partial charge in [-0.3, -0.25) is 10.1 Å². The van der Waals surface area contributed by atoms with Gasteiger partial charge in [0.15, 0.2) is 9.84 Å². The Morgan fingerprint density at radius 2 is 1.95 bits per heavy atom. The Labute approximate surface area is 117 Å². The number of para-hydroxylation sites is 1. The molecule has 7 nitrogen and oxygen atoms in total. The molecule has 1 aromatic carbocycles. The molecule has 0 aliphatic carbocycles. The quantitative estimate of drug-likeness (QED) is 0.648. The van der Waals surface area contributed by atoms with Gasteiger partial charge >= 0.3 is 5.69 Å². The lowest BCUT2D eigenvalue weighted by molar-refractivity contribution is -0.387. The third-order valence-electron chi connectivity index (χ3n) is 3.22. The van der Waals surface area contributed by atoms with Crippen LogP contribution in [0.3, 0.4) is 0 Å². The first kappa shape index (κ1) is 16.4. The third kappa shape index (κ3) is 3.07. The Bertz CT molecular complexity index is 625. The minimum Gasteiger partial charge on any atom is -0.394 e. The number of likely N-dealkylation sites (N-methyl/N-ethyl adjacent to an activating group) is 1. The molecule has 112 valence electrons. The fraction of sp³-hybridized carbons (Fsp3) is 0.500. The summed E-state index contributed by atoms with van der Waals surface area (Å²) in [6.45, 7) is 3.16. The van der Waals surface area contributed by atoms with Crippen molar-refractivity contribution in [2.24, 2.45) is 0 Å². The van der Waals surface area contributed by atoms with Crippen molar-refractivity contribution in [2.75, 3.05) is 24.8 Å². The van der Waals surface area contributed by atoms with E-state index in [1.54, 1.807) is 20.9 Å². The number of hydrogen-bond donors (Lipinski definition) is 1. The van der Waals surface area contributed by atoms with Crippen molar-refractivity contribution in [2.45, 2.75) is 24.3 Å². The highest BCUT2D eigenvalue weighted by Crippen LogP contribution is 2.36. The van der Waals surface area contributed by atoms with Crippen molar-refractivity contribution in [1.82, 2.24) is 0 Å². The summed E-state index contributed by atoms with van der Waals surface area (Å²) < 4.78 is 23.4. The molecule has 0 saturated heterocycles. The lowest BCUT2D eigenvalue weighted by Gasteiger charge is -2.35. The van der Waals surface area contributed by atoms with E-state index in [2.05, 4.69) is 0 Å². The molecule has 20 heavy (non-hydrogen) atoms. The number of nitro benzene ring substituents is 1. The highest BCUT2D eigenvalue weighted by molar-refractivity contribution is 7.90. The van der Waals surface area contributed by atoms with Crippen molar-refractivity contribution in [3.8, 4) is 0 Å². The minimum absolute atomic E-state index is 0.150. The van der Waals surface area contributed by atoms with Gasteiger partial charge in [0.1, 0.15) is 10.6 Å². The molecule has 0 heterocycles. The molecule has 1 N–H and O–H groups in total. The van der Waals surface area contributed by atoms with E-state index in [4.69, 9.17) is 0 Å². The maximum absolute atomic E-state index is 11.7. The zero-order valence-corrected chi connectivity index (χ0v) is 12.6. The van der Waals surface area contributed by atoms with Crippen LogP contribution in [0.5, 0.6) is 0 Å². The Hall–Kier alpha value is -1.67. The summed E-state index contributed by atoms with van der Waals surface area (Å²) in [6.07, 6.45) is 0.927. The van der Waals surface area contributed by atoms with E-state index in [1.807, 2.05) is 0 Å². The van der Waals surface area contributed by atoms with E-state index in [9.17, 15) is 23.6 Å². The van der Waals surface area contributed by atoms with E-state index < -0.39 is 26.0 Å². The average Bonchev–Trinajstić information content (AvgIpc) is 2.35. The van der Waals surface area contributed by atoms with E-state index >= 15 is 0 Å². The predicted molar refractivity (Wildman–Crippen MR) is 75.8 cm³/mol. The van der Waals surface area contributed by atoms with Gasteiger partial charge in [0, 0.05) is 13.3 Å². The standard InChI is InChI=1S/C12H18N2O5S/c1-12(2,8-15)13(3)9-6-5-7-10(20(4,18)19)11(9)14(16)17/h5-7,15H,8H2,1-4H3. The molecular formula is C12H18N2O5S. The molecule has 0 spiro atoms.